The van der Waals surface area contributed by atoms with Crippen LogP contribution in [-0.2, 0) is 9.59 Å². The van der Waals surface area contributed by atoms with Crippen molar-refractivity contribution in [1.29, 1.82) is 0 Å². The zero-order valence-electron chi connectivity index (χ0n) is 8.87. The van der Waals surface area contributed by atoms with Crippen LogP contribution in [0.15, 0.2) is 16.7 Å². The number of ketones is 3. The van der Waals surface area contributed by atoms with Crippen LogP contribution in [0.3, 0.4) is 0 Å². The van der Waals surface area contributed by atoms with Crippen LogP contribution in [0, 0.1) is 12.8 Å². The Morgan fingerprint density at radius 1 is 1.20 bits per heavy atom. The van der Waals surface area contributed by atoms with Crippen LogP contribution >= 0.6 is 0 Å². The highest BCUT2D eigenvalue weighted by atomic mass is 16.3. The lowest BCUT2D eigenvalue weighted by atomic mass is 9.91. The van der Waals surface area contributed by atoms with E-state index in [1.54, 1.807) is 6.92 Å². The molecule has 1 rings (SSSR count). The van der Waals surface area contributed by atoms with Crippen molar-refractivity contribution in [2.24, 2.45) is 5.92 Å². The quantitative estimate of drug-likeness (QED) is 0.556. The summed E-state index contributed by atoms with van der Waals surface area (Å²) in [5.74, 6) is -2.13. The number of carbonyl (C=O) groups excluding carboxylic acids is 3. The van der Waals surface area contributed by atoms with Crippen LogP contribution in [0.25, 0.3) is 0 Å². The van der Waals surface area contributed by atoms with Crippen LogP contribution in [0.1, 0.15) is 30.0 Å². The van der Waals surface area contributed by atoms with E-state index in [-0.39, 0.29) is 0 Å². The van der Waals surface area contributed by atoms with E-state index in [9.17, 15) is 14.4 Å². The highest BCUT2D eigenvalue weighted by molar-refractivity contribution is 6.23. The number of aryl methyl sites for hydroxylation is 1. The van der Waals surface area contributed by atoms with Crippen molar-refractivity contribution in [2.45, 2.75) is 20.8 Å². The van der Waals surface area contributed by atoms with Gasteiger partial charge in [0.25, 0.3) is 0 Å². The van der Waals surface area contributed by atoms with E-state index < -0.39 is 23.3 Å². The van der Waals surface area contributed by atoms with Crippen molar-refractivity contribution in [3.05, 3.63) is 23.7 Å². The summed E-state index contributed by atoms with van der Waals surface area (Å²) in [4.78, 5) is 34.1. The van der Waals surface area contributed by atoms with Crippen molar-refractivity contribution in [2.75, 3.05) is 0 Å². The van der Waals surface area contributed by atoms with Crippen molar-refractivity contribution in [3.63, 3.8) is 0 Å². The number of rotatable bonds is 4. The van der Waals surface area contributed by atoms with Gasteiger partial charge in [0.1, 0.15) is 23.2 Å². The summed E-state index contributed by atoms with van der Waals surface area (Å²) in [5, 5.41) is 0. The van der Waals surface area contributed by atoms with Gasteiger partial charge in [0.05, 0.1) is 11.8 Å². The highest BCUT2D eigenvalue weighted by Crippen LogP contribution is 2.16. The Bertz CT molecular complexity index is 400. The first-order valence-electron chi connectivity index (χ1n) is 4.54. The first-order chi connectivity index (χ1) is 6.95. The molecule has 1 aromatic heterocycles. The molecule has 4 nitrogen and oxygen atoms in total. The lowest BCUT2D eigenvalue weighted by Gasteiger charge is -2.07. The molecule has 0 fully saturated rings. The van der Waals surface area contributed by atoms with Crippen LogP contribution in [0.4, 0.5) is 0 Å². The molecule has 80 valence electrons. The van der Waals surface area contributed by atoms with E-state index in [0.29, 0.717) is 11.3 Å². The van der Waals surface area contributed by atoms with Gasteiger partial charge in [-0.3, -0.25) is 14.4 Å². The Morgan fingerprint density at radius 2 is 1.73 bits per heavy atom. The molecule has 0 spiro atoms. The minimum Gasteiger partial charge on any atom is -0.469 e. The molecule has 0 aromatic carbocycles. The zero-order chi connectivity index (χ0) is 11.6. The van der Waals surface area contributed by atoms with Crippen LogP contribution < -0.4 is 0 Å². The van der Waals surface area contributed by atoms with Gasteiger partial charge in [-0.25, -0.2) is 0 Å². The molecule has 0 aliphatic carbocycles. The standard InChI is InChI=1S/C11H12O4/c1-6(12)10(7(2)13)11(14)9-4-5-15-8(9)3/h4-5,10H,1-3H3. The predicted molar refractivity (Wildman–Crippen MR) is 52.6 cm³/mol. The Balaban J connectivity index is 3.07. The second-order valence-electron chi connectivity index (χ2n) is 3.41. The molecule has 0 amide bonds. The van der Waals surface area contributed by atoms with E-state index in [1.807, 2.05) is 0 Å². The lowest BCUT2D eigenvalue weighted by molar-refractivity contribution is -0.128. The molecular weight excluding hydrogens is 196 g/mol. The average Bonchev–Trinajstić information content (AvgIpc) is 2.49. The third-order valence-corrected chi connectivity index (χ3v) is 2.20. The molecule has 1 heterocycles. The Hall–Kier alpha value is -1.71. The van der Waals surface area contributed by atoms with E-state index in [4.69, 9.17) is 4.42 Å². The van der Waals surface area contributed by atoms with E-state index >= 15 is 0 Å². The maximum Gasteiger partial charge on any atom is 0.184 e. The molecule has 4 heteroatoms. The molecule has 1 aromatic rings. The second-order valence-corrected chi connectivity index (χ2v) is 3.41. The molecule has 0 N–H and O–H groups in total. The molecule has 0 saturated heterocycles. The van der Waals surface area contributed by atoms with E-state index in [1.165, 1.54) is 26.2 Å². The second kappa shape index (κ2) is 4.21. The van der Waals surface area contributed by atoms with Gasteiger partial charge < -0.3 is 4.42 Å². The first kappa shape index (κ1) is 11.4. The van der Waals surface area contributed by atoms with E-state index in [0.717, 1.165) is 0 Å². The Labute approximate surface area is 87.3 Å². The van der Waals surface area contributed by atoms with Gasteiger partial charge >= 0.3 is 0 Å². The number of carbonyl (C=O) groups is 3. The van der Waals surface area contributed by atoms with E-state index in [2.05, 4.69) is 0 Å². The minimum absolute atomic E-state index is 0.297. The summed E-state index contributed by atoms with van der Waals surface area (Å²) in [6.07, 6.45) is 1.36. The van der Waals surface area contributed by atoms with Crippen LogP contribution in [0.2, 0.25) is 0 Å². The summed E-state index contributed by atoms with van der Waals surface area (Å²) in [5.41, 5.74) is 0.297. The maximum absolute atomic E-state index is 11.8. The zero-order valence-corrected chi connectivity index (χ0v) is 8.87. The smallest absolute Gasteiger partial charge is 0.184 e. The monoisotopic (exact) mass is 208 g/mol. The van der Waals surface area contributed by atoms with Crippen LogP contribution in [-0.4, -0.2) is 17.3 Å². The number of furan rings is 1. The fourth-order valence-corrected chi connectivity index (χ4v) is 1.45. The molecule has 15 heavy (non-hydrogen) atoms. The Kier molecular flexibility index (Phi) is 3.19. The molecule has 0 aliphatic rings. The van der Waals surface area contributed by atoms with Crippen molar-refractivity contribution >= 4 is 17.3 Å². The summed E-state index contributed by atoms with van der Waals surface area (Å²) in [7, 11) is 0. The average molecular weight is 208 g/mol. The highest BCUT2D eigenvalue weighted by Gasteiger charge is 2.30. The molecule has 0 saturated carbocycles. The largest absolute Gasteiger partial charge is 0.469 e. The minimum atomic E-state index is -1.19. The SMILES string of the molecule is CC(=O)C(C(C)=O)C(=O)c1ccoc1C. The summed E-state index contributed by atoms with van der Waals surface area (Å²) in [6, 6.07) is 1.47. The van der Waals surface area contributed by atoms with Gasteiger partial charge in [0, 0.05) is 0 Å². The number of hydrogen-bond acceptors (Lipinski definition) is 4. The third kappa shape index (κ3) is 2.21. The lowest BCUT2D eigenvalue weighted by Crippen LogP contribution is -2.28. The van der Waals surface area contributed by atoms with Crippen molar-refractivity contribution in [3.8, 4) is 0 Å². The number of Topliss-reactive ketones (excluding diaryl/α,β-unsaturated/α-hetero) is 3. The van der Waals surface area contributed by atoms with Gasteiger partial charge in [-0.2, -0.15) is 0 Å². The van der Waals surface area contributed by atoms with Gasteiger partial charge in [0.2, 0.25) is 0 Å². The fourth-order valence-electron chi connectivity index (χ4n) is 1.45. The van der Waals surface area contributed by atoms with Gasteiger partial charge in [-0.1, -0.05) is 0 Å². The predicted octanol–water partition coefficient (Wildman–Crippen LogP) is 1.56. The topological polar surface area (TPSA) is 64.3 Å². The first-order valence-corrected chi connectivity index (χ1v) is 4.54. The Morgan fingerprint density at radius 3 is 2.07 bits per heavy atom. The van der Waals surface area contributed by atoms with Crippen molar-refractivity contribution in [1.82, 2.24) is 0 Å². The summed E-state index contributed by atoms with van der Waals surface area (Å²) >= 11 is 0. The summed E-state index contributed by atoms with van der Waals surface area (Å²) < 4.78 is 4.95. The molecule has 0 radical (unpaired) electrons. The van der Waals surface area contributed by atoms with Gasteiger partial charge in [-0.05, 0) is 26.8 Å². The third-order valence-electron chi connectivity index (χ3n) is 2.20. The normalized spacial score (nSPS) is 10.4. The molecular formula is C11H12O4. The van der Waals surface area contributed by atoms with Gasteiger partial charge in [0.15, 0.2) is 5.78 Å². The summed E-state index contributed by atoms with van der Waals surface area (Å²) in [6.45, 7) is 4.09. The number of hydrogen-bond donors (Lipinski definition) is 0. The molecule has 0 aliphatic heterocycles. The molecule has 0 atom stereocenters. The van der Waals surface area contributed by atoms with Crippen LogP contribution in [0.5, 0.6) is 0 Å². The van der Waals surface area contributed by atoms with Gasteiger partial charge in [-0.15, -0.1) is 0 Å². The molecule has 0 unspecified atom stereocenters. The fraction of sp³-hybridized carbons (Fsp3) is 0.364. The molecule has 0 bridgehead atoms. The maximum atomic E-state index is 11.8. The van der Waals surface area contributed by atoms with Crippen molar-refractivity contribution < 1.29 is 18.8 Å².